The zero-order valence-electron chi connectivity index (χ0n) is 19.2. The Balaban J connectivity index is 2.79. The van der Waals surface area contributed by atoms with Crippen LogP contribution in [0.2, 0.25) is 0 Å². The van der Waals surface area contributed by atoms with Crippen molar-refractivity contribution in [3.05, 3.63) is 29.8 Å². The number of nitrogens with zero attached hydrogens (tertiary/aromatic N) is 1. The van der Waals surface area contributed by atoms with Crippen molar-refractivity contribution in [2.45, 2.75) is 63.5 Å². The molecule has 174 valence electrons. The minimum absolute atomic E-state index is 0.0579. The Kier molecular flexibility index (Phi) is 10.8. The number of hydrogen-bond donors (Lipinski definition) is 3. The van der Waals surface area contributed by atoms with Gasteiger partial charge in [-0.25, -0.2) is 4.79 Å². The summed E-state index contributed by atoms with van der Waals surface area (Å²) in [5, 5.41) is 15.1. The van der Waals surface area contributed by atoms with E-state index in [0.717, 1.165) is 17.7 Å². The van der Waals surface area contributed by atoms with Crippen LogP contribution < -0.4 is 15.4 Å². The van der Waals surface area contributed by atoms with Crippen LogP contribution >= 0.6 is 11.8 Å². The molecule has 31 heavy (non-hydrogen) atoms. The molecule has 0 aliphatic rings. The van der Waals surface area contributed by atoms with Crippen LogP contribution in [-0.4, -0.2) is 53.1 Å². The van der Waals surface area contributed by atoms with E-state index in [0.29, 0.717) is 18.1 Å². The molecule has 0 aliphatic heterocycles. The number of imide groups is 1. The summed E-state index contributed by atoms with van der Waals surface area (Å²) in [5.41, 5.74) is 1.03. The van der Waals surface area contributed by atoms with Gasteiger partial charge in [-0.3, -0.25) is 14.8 Å². The van der Waals surface area contributed by atoms with E-state index >= 15 is 0 Å². The predicted molar refractivity (Wildman–Crippen MR) is 122 cm³/mol. The predicted octanol–water partition coefficient (Wildman–Crippen LogP) is 3.58. The lowest BCUT2D eigenvalue weighted by atomic mass is 10.0. The number of carbonyl (C=O) groups excluding carboxylic acids is 3. The van der Waals surface area contributed by atoms with E-state index < -0.39 is 28.6 Å². The molecule has 0 saturated carbocycles. The lowest BCUT2D eigenvalue weighted by Crippen LogP contribution is -2.58. The van der Waals surface area contributed by atoms with E-state index in [4.69, 9.17) is 4.74 Å². The van der Waals surface area contributed by atoms with Gasteiger partial charge in [0.15, 0.2) is 0 Å². The number of methoxy groups -OCH3 is 1. The SMILES string of the molecule is CNC(=O)C(NC(=O)N(O)C(=O)CCCC(C)C)C(C)(C)SCc1ccc(OC)cc1. The number of likely N-dealkylation sites (N-methyl/N-ethyl adjacent to an activating group) is 1. The second-order valence-electron chi connectivity index (χ2n) is 8.23. The Morgan fingerprint density at radius 1 is 1.19 bits per heavy atom. The van der Waals surface area contributed by atoms with Crippen molar-refractivity contribution in [3.63, 3.8) is 0 Å². The summed E-state index contributed by atoms with van der Waals surface area (Å²) < 4.78 is 4.43. The standard InChI is InChI=1S/C22H35N3O5S/c1-15(2)8-7-9-18(26)25(29)21(28)24-19(20(27)23-5)22(3,4)31-14-16-10-12-17(30-6)13-11-16/h10-13,15,19,29H,7-9,14H2,1-6H3,(H,23,27)(H,24,28). The minimum Gasteiger partial charge on any atom is -0.497 e. The number of rotatable bonds is 11. The fourth-order valence-corrected chi connectivity index (χ4v) is 3.90. The molecule has 0 radical (unpaired) electrons. The summed E-state index contributed by atoms with van der Waals surface area (Å²) in [7, 11) is 3.07. The van der Waals surface area contributed by atoms with Gasteiger partial charge < -0.3 is 15.4 Å². The number of nitrogens with one attached hydrogen (secondary N) is 2. The second-order valence-corrected chi connectivity index (χ2v) is 9.86. The molecular formula is C22H35N3O5S. The van der Waals surface area contributed by atoms with Crippen molar-refractivity contribution in [1.82, 2.24) is 15.7 Å². The molecule has 3 N–H and O–H groups in total. The third-order valence-corrected chi connectivity index (χ3v) is 6.30. The van der Waals surface area contributed by atoms with Crippen LogP contribution in [0, 0.1) is 5.92 Å². The van der Waals surface area contributed by atoms with Gasteiger partial charge in [0.2, 0.25) is 5.91 Å². The quantitative estimate of drug-likeness (QED) is 0.349. The maximum Gasteiger partial charge on any atom is 0.349 e. The van der Waals surface area contributed by atoms with E-state index in [2.05, 4.69) is 10.6 Å². The van der Waals surface area contributed by atoms with Gasteiger partial charge in [-0.05, 0) is 43.9 Å². The number of thioether (sulfide) groups is 1. The van der Waals surface area contributed by atoms with E-state index in [1.807, 2.05) is 52.0 Å². The summed E-state index contributed by atoms with van der Waals surface area (Å²) in [6, 6.07) is 5.60. The number of carbonyl (C=O) groups is 3. The zero-order valence-corrected chi connectivity index (χ0v) is 20.0. The molecule has 0 spiro atoms. The summed E-state index contributed by atoms with van der Waals surface area (Å²) in [6.07, 6.45) is 1.45. The van der Waals surface area contributed by atoms with Crippen molar-refractivity contribution < 1.29 is 24.3 Å². The highest BCUT2D eigenvalue weighted by Gasteiger charge is 2.38. The number of hydrogen-bond acceptors (Lipinski definition) is 6. The first-order valence-corrected chi connectivity index (χ1v) is 11.3. The first kappa shape index (κ1) is 26.8. The maximum atomic E-state index is 12.5. The molecule has 8 nitrogen and oxygen atoms in total. The highest BCUT2D eigenvalue weighted by molar-refractivity contribution is 7.99. The number of benzene rings is 1. The minimum atomic E-state index is -1.01. The number of urea groups is 1. The van der Waals surface area contributed by atoms with E-state index in [1.54, 1.807) is 7.11 Å². The van der Waals surface area contributed by atoms with Crippen molar-refractivity contribution >= 4 is 29.6 Å². The van der Waals surface area contributed by atoms with Crippen LogP contribution in [0.5, 0.6) is 5.75 Å². The number of hydroxylamine groups is 2. The normalized spacial score (nSPS) is 12.3. The van der Waals surface area contributed by atoms with Crippen LogP contribution in [-0.2, 0) is 15.3 Å². The summed E-state index contributed by atoms with van der Waals surface area (Å²) in [4.78, 5) is 37.0. The van der Waals surface area contributed by atoms with Crippen LogP contribution in [0.4, 0.5) is 4.79 Å². The first-order chi connectivity index (χ1) is 14.5. The summed E-state index contributed by atoms with van der Waals surface area (Å²) in [6.45, 7) is 7.72. The van der Waals surface area contributed by atoms with Crippen LogP contribution in [0.3, 0.4) is 0 Å². The Bertz CT molecular complexity index is 737. The number of amides is 4. The molecule has 1 rings (SSSR count). The summed E-state index contributed by atoms with van der Waals surface area (Å²) in [5.74, 6) is 0.662. The first-order valence-electron chi connectivity index (χ1n) is 10.3. The monoisotopic (exact) mass is 453 g/mol. The molecule has 9 heteroatoms. The Morgan fingerprint density at radius 2 is 1.81 bits per heavy atom. The molecule has 4 amide bonds. The van der Waals surface area contributed by atoms with Crippen molar-refractivity contribution in [3.8, 4) is 5.75 Å². The van der Waals surface area contributed by atoms with Gasteiger partial charge in [0.1, 0.15) is 11.8 Å². The zero-order chi connectivity index (χ0) is 23.6. The Labute approximate surface area is 189 Å². The molecule has 0 saturated heterocycles. The third kappa shape index (κ3) is 8.78. The largest absolute Gasteiger partial charge is 0.497 e. The molecule has 0 aliphatic carbocycles. The maximum absolute atomic E-state index is 12.5. The third-order valence-electron chi connectivity index (χ3n) is 4.84. The summed E-state index contributed by atoms with van der Waals surface area (Å²) >= 11 is 1.47. The molecule has 0 aromatic heterocycles. The average Bonchev–Trinajstić information content (AvgIpc) is 2.74. The van der Waals surface area contributed by atoms with E-state index in [1.165, 1.54) is 18.8 Å². The van der Waals surface area contributed by atoms with Crippen molar-refractivity contribution in [2.75, 3.05) is 14.2 Å². The molecule has 1 aromatic carbocycles. The van der Waals surface area contributed by atoms with E-state index in [-0.39, 0.29) is 11.5 Å². The van der Waals surface area contributed by atoms with Gasteiger partial charge in [-0.15, -0.1) is 16.8 Å². The Hall–Kier alpha value is -2.26. The molecule has 0 heterocycles. The smallest absolute Gasteiger partial charge is 0.349 e. The molecule has 0 fully saturated rings. The molecule has 1 atom stereocenters. The van der Waals surface area contributed by atoms with Crippen molar-refractivity contribution in [1.29, 1.82) is 0 Å². The average molecular weight is 454 g/mol. The molecular weight excluding hydrogens is 418 g/mol. The fourth-order valence-electron chi connectivity index (χ4n) is 2.84. The van der Waals surface area contributed by atoms with Crippen LogP contribution in [0.25, 0.3) is 0 Å². The molecule has 0 bridgehead atoms. The van der Waals surface area contributed by atoms with Gasteiger partial charge in [0.05, 0.1) is 7.11 Å². The van der Waals surface area contributed by atoms with Crippen LogP contribution in [0.15, 0.2) is 24.3 Å². The van der Waals surface area contributed by atoms with Gasteiger partial charge in [-0.1, -0.05) is 32.4 Å². The topological polar surface area (TPSA) is 108 Å². The van der Waals surface area contributed by atoms with Gasteiger partial charge in [-0.2, -0.15) is 0 Å². The second kappa shape index (κ2) is 12.6. The lowest BCUT2D eigenvalue weighted by molar-refractivity contribution is -0.153. The fraction of sp³-hybridized carbons (Fsp3) is 0.591. The van der Waals surface area contributed by atoms with Gasteiger partial charge in [0, 0.05) is 24.0 Å². The van der Waals surface area contributed by atoms with E-state index in [9.17, 15) is 19.6 Å². The molecule has 1 unspecified atom stereocenters. The lowest BCUT2D eigenvalue weighted by Gasteiger charge is -2.33. The van der Waals surface area contributed by atoms with Crippen molar-refractivity contribution in [2.24, 2.45) is 5.92 Å². The highest BCUT2D eigenvalue weighted by Crippen LogP contribution is 2.32. The van der Waals surface area contributed by atoms with Gasteiger partial charge >= 0.3 is 6.03 Å². The van der Waals surface area contributed by atoms with Gasteiger partial charge in [0.25, 0.3) is 5.91 Å². The van der Waals surface area contributed by atoms with Crippen LogP contribution in [0.1, 0.15) is 52.5 Å². The Morgan fingerprint density at radius 3 is 2.32 bits per heavy atom. The highest BCUT2D eigenvalue weighted by atomic mass is 32.2. The number of ether oxygens (including phenoxy) is 1. The molecule has 1 aromatic rings.